The molecule has 0 unspecified atom stereocenters. The Hall–Kier alpha value is -2.20. The molecule has 114 valence electrons. The Bertz CT molecular complexity index is 775. The van der Waals surface area contributed by atoms with E-state index in [0.717, 1.165) is 36.4 Å². The zero-order valence-corrected chi connectivity index (χ0v) is 12.9. The number of aryl methyl sites for hydroxylation is 1. The lowest BCUT2D eigenvalue weighted by molar-refractivity contribution is 0.629. The highest BCUT2D eigenvalue weighted by molar-refractivity contribution is 5.76. The molecular weight excluding hydrogens is 277 g/mol. The first-order valence-corrected chi connectivity index (χ1v) is 7.52. The van der Waals surface area contributed by atoms with Gasteiger partial charge in [0.05, 0.1) is 11.0 Å². The zero-order valence-electron chi connectivity index (χ0n) is 12.9. The summed E-state index contributed by atoms with van der Waals surface area (Å²) in [5, 5.41) is 3.14. The minimum atomic E-state index is -0.243. The van der Waals surface area contributed by atoms with E-state index in [1.807, 2.05) is 13.1 Å². The fraction of sp³-hybridized carbons (Fsp3) is 0.278. The van der Waals surface area contributed by atoms with Gasteiger partial charge in [-0.15, -0.1) is 0 Å². The molecule has 0 saturated heterocycles. The molecule has 3 rings (SSSR count). The summed E-state index contributed by atoms with van der Waals surface area (Å²) in [5.41, 5.74) is 4.17. The molecule has 1 N–H and O–H groups in total. The average Bonchev–Trinajstić information content (AvgIpc) is 2.84. The zero-order chi connectivity index (χ0) is 15.5. The number of nitrogens with one attached hydrogen (secondary N) is 1. The Kier molecular flexibility index (Phi) is 4.20. The van der Waals surface area contributed by atoms with E-state index in [1.54, 1.807) is 0 Å². The van der Waals surface area contributed by atoms with E-state index < -0.39 is 0 Å². The molecule has 0 aliphatic rings. The van der Waals surface area contributed by atoms with Gasteiger partial charge in [-0.1, -0.05) is 29.8 Å². The summed E-state index contributed by atoms with van der Waals surface area (Å²) in [4.78, 5) is 4.61. The maximum absolute atomic E-state index is 13.4. The van der Waals surface area contributed by atoms with E-state index >= 15 is 0 Å². The molecule has 1 heterocycles. The molecular formula is C18H20FN3. The minimum absolute atomic E-state index is 0.243. The lowest BCUT2D eigenvalue weighted by Crippen LogP contribution is -2.14. The summed E-state index contributed by atoms with van der Waals surface area (Å²) in [6.45, 7) is 3.68. The number of fused-ring (bicyclic) bond motifs is 1. The lowest BCUT2D eigenvalue weighted by Gasteiger charge is -2.10. The fourth-order valence-electron chi connectivity index (χ4n) is 2.63. The van der Waals surface area contributed by atoms with Gasteiger partial charge in [-0.3, -0.25) is 0 Å². The third kappa shape index (κ3) is 3.02. The molecule has 0 fully saturated rings. The van der Waals surface area contributed by atoms with Crippen LogP contribution in [0, 0.1) is 12.7 Å². The first-order valence-electron chi connectivity index (χ1n) is 7.52. The topological polar surface area (TPSA) is 29.9 Å². The van der Waals surface area contributed by atoms with Crippen molar-refractivity contribution in [3.63, 3.8) is 0 Å². The highest BCUT2D eigenvalue weighted by atomic mass is 19.1. The van der Waals surface area contributed by atoms with Crippen LogP contribution in [0.25, 0.3) is 11.0 Å². The Morgan fingerprint density at radius 3 is 2.64 bits per heavy atom. The second kappa shape index (κ2) is 6.28. The Morgan fingerprint density at radius 2 is 1.91 bits per heavy atom. The van der Waals surface area contributed by atoms with E-state index in [9.17, 15) is 4.39 Å². The van der Waals surface area contributed by atoms with Gasteiger partial charge in [-0.25, -0.2) is 9.37 Å². The molecule has 0 spiro atoms. The van der Waals surface area contributed by atoms with Crippen molar-refractivity contribution in [2.45, 2.75) is 19.9 Å². The van der Waals surface area contributed by atoms with Gasteiger partial charge in [0.15, 0.2) is 0 Å². The molecule has 1 aromatic heterocycles. The van der Waals surface area contributed by atoms with Crippen LogP contribution in [0.3, 0.4) is 0 Å². The van der Waals surface area contributed by atoms with Crippen molar-refractivity contribution < 1.29 is 4.39 Å². The SMILES string of the molecule is CNCCc1nc2cc(F)ccc2n1Cc1ccc(C)cc1. The van der Waals surface area contributed by atoms with Crippen LogP contribution in [0.5, 0.6) is 0 Å². The van der Waals surface area contributed by atoms with E-state index in [-0.39, 0.29) is 5.82 Å². The lowest BCUT2D eigenvalue weighted by atomic mass is 10.1. The normalized spacial score (nSPS) is 11.2. The molecule has 0 amide bonds. The average molecular weight is 297 g/mol. The fourth-order valence-corrected chi connectivity index (χ4v) is 2.63. The number of aromatic nitrogens is 2. The van der Waals surface area contributed by atoms with E-state index in [4.69, 9.17) is 0 Å². The Labute approximate surface area is 129 Å². The quantitative estimate of drug-likeness (QED) is 0.783. The molecule has 0 aliphatic heterocycles. The van der Waals surface area contributed by atoms with Gasteiger partial charge in [0.2, 0.25) is 0 Å². The van der Waals surface area contributed by atoms with Crippen molar-refractivity contribution in [2.75, 3.05) is 13.6 Å². The van der Waals surface area contributed by atoms with E-state index in [1.165, 1.54) is 23.3 Å². The van der Waals surface area contributed by atoms with Crippen molar-refractivity contribution in [3.05, 3.63) is 65.2 Å². The van der Waals surface area contributed by atoms with Crippen LogP contribution < -0.4 is 5.32 Å². The van der Waals surface area contributed by atoms with Crippen molar-refractivity contribution >= 4 is 11.0 Å². The molecule has 0 atom stereocenters. The largest absolute Gasteiger partial charge is 0.323 e. The second-order valence-corrected chi connectivity index (χ2v) is 5.59. The van der Waals surface area contributed by atoms with Crippen LogP contribution in [0.15, 0.2) is 42.5 Å². The molecule has 22 heavy (non-hydrogen) atoms. The number of halogens is 1. The van der Waals surface area contributed by atoms with E-state index in [0.29, 0.717) is 0 Å². The van der Waals surface area contributed by atoms with Crippen molar-refractivity contribution in [2.24, 2.45) is 0 Å². The summed E-state index contributed by atoms with van der Waals surface area (Å²) >= 11 is 0. The van der Waals surface area contributed by atoms with Crippen LogP contribution in [0.1, 0.15) is 17.0 Å². The van der Waals surface area contributed by atoms with Gasteiger partial charge in [0.25, 0.3) is 0 Å². The Balaban J connectivity index is 2.02. The molecule has 0 bridgehead atoms. The van der Waals surface area contributed by atoms with Gasteiger partial charge >= 0.3 is 0 Å². The number of imidazole rings is 1. The summed E-state index contributed by atoms with van der Waals surface area (Å²) in [6.07, 6.45) is 0.818. The molecule has 3 aromatic rings. The van der Waals surface area contributed by atoms with E-state index in [2.05, 4.69) is 46.1 Å². The minimum Gasteiger partial charge on any atom is -0.323 e. The van der Waals surface area contributed by atoms with Gasteiger partial charge in [-0.05, 0) is 31.7 Å². The maximum Gasteiger partial charge on any atom is 0.125 e. The van der Waals surface area contributed by atoms with Gasteiger partial charge in [0, 0.05) is 25.6 Å². The summed E-state index contributed by atoms with van der Waals surface area (Å²) in [6, 6.07) is 13.3. The summed E-state index contributed by atoms with van der Waals surface area (Å²) in [7, 11) is 1.92. The highest BCUT2D eigenvalue weighted by Crippen LogP contribution is 2.20. The highest BCUT2D eigenvalue weighted by Gasteiger charge is 2.11. The van der Waals surface area contributed by atoms with Gasteiger partial charge in [-0.2, -0.15) is 0 Å². The van der Waals surface area contributed by atoms with Crippen molar-refractivity contribution in [1.29, 1.82) is 0 Å². The third-order valence-electron chi connectivity index (χ3n) is 3.85. The van der Waals surface area contributed by atoms with Crippen LogP contribution in [0.4, 0.5) is 4.39 Å². The number of hydrogen-bond acceptors (Lipinski definition) is 2. The molecule has 0 aliphatic carbocycles. The van der Waals surface area contributed by atoms with Crippen LogP contribution in [-0.4, -0.2) is 23.1 Å². The number of likely N-dealkylation sites (N-methyl/N-ethyl adjacent to an activating group) is 1. The van der Waals surface area contributed by atoms with Crippen LogP contribution in [0.2, 0.25) is 0 Å². The van der Waals surface area contributed by atoms with Gasteiger partial charge < -0.3 is 9.88 Å². The predicted molar refractivity (Wildman–Crippen MR) is 87.6 cm³/mol. The summed E-state index contributed by atoms with van der Waals surface area (Å²) in [5.74, 6) is 0.739. The van der Waals surface area contributed by atoms with Crippen LogP contribution in [-0.2, 0) is 13.0 Å². The first kappa shape index (κ1) is 14.7. The molecule has 2 aromatic carbocycles. The van der Waals surface area contributed by atoms with Crippen LogP contribution >= 0.6 is 0 Å². The van der Waals surface area contributed by atoms with Crippen molar-refractivity contribution in [3.8, 4) is 0 Å². The number of nitrogens with zero attached hydrogens (tertiary/aromatic N) is 2. The molecule has 3 nitrogen and oxygen atoms in total. The molecule has 0 saturated carbocycles. The van der Waals surface area contributed by atoms with Gasteiger partial charge in [0.1, 0.15) is 11.6 Å². The smallest absolute Gasteiger partial charge is 0.125 e. The number of hydrogen-bond donors (Lipinski definition) is 1. The third-order valence-corrected chi connectivity index (χ3v) is 3.85. The maximum atomic E-state index is 13.4. The predicted octanol–water partition coefficient (Wildman–Crippen LogP) is 3.29. The van der Waals surface area contributed by atoms with Crippen molar-refractivity contribution in [1.82, 2.24) is 14.9 Å². The molecule has 0 radical (unpaired) electrons. The second-order valence-electron chi connectivity index (χ2n) is 5.59. The monoisotopic (exact) mass is 297 g/mol. The standard InChI is InChI=1S/C18H20FN3/c1-13-3-5-14(6-4-13)12-22-17-8-7-15(19)11-16(17)21-18(22)9-10-20-2/h3-8,11,20H,9-10,12H2,1-2H3. The molecule has 4 heteroatoms. The number of benzene rings is 2. The number of rotatable bonds is 5. The summed E-state index contributed by atoms with van der Waals surface area (Å²) < 4.78 is 15.6. The first-order chi connectivity index (χ1) is 10.7. The Morgan fingerprint density at radius 1 is 1.14 bits per heavy atom.